The number of unbranched alkanes of at least 4 members (excludes halogenated alkanes) is 1. The zero-order valence-electron chi connectivity index (χ0n) is 9.21. The van der Waals surface area contributed by atoms with E-state index in [0.717, 1.165) is 25.7 Å². The van der Waals surface area contributed by atoms with Crippen LogP contribution in [0.2, 0.25) is 0 Å². The lowest BCUT2D eigenvalue weighted by Crippen LogP contribution is -2.16. The third kappa shape index (κ3) is 4.85. The minimum absolute atomic E-state index is 0.00616. The normalized spacial score (nSPS) is 11.9. The van der Waals surface area contributed by atoms with Crippen LogP contribution in [0.3, 0.4) is 0 Å². The molecule has 0 aliphatic carbocycles. The van der Waals surface area contributed by atoms with Crippen molar-refractivity contribution in [3.63, 3.8) is 0 Å². The highest BCUT2D eigenvalue weighted by atomic mass is 16.5. The molecule has 0 amide bonds. The Hall–Kier alpha value is -1.05. The molecule has 0 aliphatic heterocycles. The molecule has 0 spiro atoms. The number of esters is 1. The predicted molar refractivity (Wildman–Crippen MR) is 58.7 cm³/mol. The minimum Gasteiger partial charge on any atom is -0.427 e. The van der Waals surface area contributed by atoms with Gasteiger partial charge in [0.1, 0.15) is 5.76 Å². The molecule has 0 heterocycles. The van der Waals surface area contributed by atoms with Crippen molar-refractivity contribution in [1.29, 1.82) is 0 Å². The molecule has 14 heavy (non-hydrogen) atoms. The van der Waals surface area contributed by atoms with E-state index in [2.05, 4.69) is 20.1 Å². The van der Waals surface area contributed by atoms with Gasteiger partial charge < -0.3 is 4.74 Å². The molecule has 2 heteroatoms. The molecular weight excluding hydrogens is 176 g/mol. The monoisotopic (exact) mass is 196 g/mol. The Bertz CT molecular complexity index is 206. The highest BCUT2D eigenvalue weighted by molar-refractivity contribution is 5.73. The Balaban J connectivity index is 4.03. The van der Waals surface area contributed by atoms with Crippen LogP contribution in [0, 0.1) is 5.92 Å². The van der Waals surface area contributed by atoms with Crippen molar-refractivity contribution in [2.75, 3.05) is 0 Å². The fourth-order valence-corrected chi connectivity index (χ4v) is 1.19. The van der Waals surface area contributed by atoms with E-state index in [1.54, 1.807) is 0 Å². The summed E-state index contributed by atoms with van der Waals surface area (Å²) in [6, 6.07) is 0. The van der Waals surface area contributed by atoms with E-state index in [0.29, 0.717) is 5.76 Å². The van der Waals surface area contributed by atoms with Gasteiger partial charge in [0.2, 0.25) is 0 Å². The first-order valence-electron chi connectivity index (χ1n) is 5.18. The van der Waals surface area contributed by atoms with Crippen LogP contribution in [0.25, 0.3) is 0 Å². The first kappa shape index (κ1) is 12.9. The lowest BCUT2D eigenvalue weighted by Gasteiger charge is -2.12. The molecule has 0 N–H and O–H groups in total. The fourth-order valence-electron chi connectivity index (χ4n) is 1.19. The van der Waals surface area contributed by atoms with Gasteiger partial charge in [-0.2, -0.15) is 0 Å². The van der Waals surface area contributed by atoms with E-state index in [4.69, 9.17) is 4.74 Å². The van der Waals surface area contributed by atoms with Gasteiger partial charge >= 0.3 is 5.97 Å². The molecule has 1 atom stereocenters. The van der Waals surface area contributed by atoms with Gasteiger partial charge in [-0.05, 0) is 18.9 Å². The van der Waals surface area contributed by atoms with Gasteiger partial charge in [0.15, 0.2) is 0 Å². The van der Waals surface area contributed by atoms with Crippen LogP contribution < -0.4 is 0 Å². The molecule has 0 fully saturated rings. The number of carbonyl (C=O) groups is 1. The number of rotatable bonds is 7. The molecule has 0 saturated heterocycles. The average molecular weight is 196 g/mol. The largest absolute Gasteiger partial charge is 0.427 e. The van der Waals surface area contributed by atoms with Crippen molar-refractivity contribution >= 4 is 5.97 Å². The lowest BCUT2D eigenvalue weighted by atomic mass is 10.00. The second-order valence-corrected chi connectivity index (χ2v) is 3.34. The molecule has 0 saturated carbocycles. The molecule has 1 unspecified atom stereocenters. The van der Waals surface area contributed by atoms with Crippen molar-refractivity contribution in [1.82, 2.24) is 0 Å². The highest BCUT2D eigenvalue weighted by Gasteiger charge is 2.17. The number of hydrogen-bond donors (Lipinski definition) is 0. The Labute approximate surface area is 86.6 Å². The predicted octanol–water partition coefficient (Wildman–Crippen LogP) is 3.45. The van der Waals surface area contributed by atoms with Gasteiger partial charge in [0.25, 0.3) is 0 Å². The summed E-state index contributed by atoms with van der Waals surface area (Å²) in [5, 5.41) is 0. The van der Waals surface area contributed by atoms with Crippen LogP contribution in [-0.2, 0) is 9.53 Å². The number of carbonyl (C=O) groups excluding carboxylic acids is 1. The van der Waals surface area contributed by atoms with Gasteiger partial charge in [-0.25, -0.2) is 0 Å². The summed E-state index contributed by atoms with van der Waals surface area (Å²) in [6.45, 7) is 11.1. The molecule has 0 aliphatic rings. The van der Waals surface area contributed by atoms with Crippen molar-refractivity contribution < 1.29 is 9.53 Å². The molecular formula is C12H20O2. The van der Waals surface area contributed by atoms with Crippen LogP contribution in [0.15, 0.2) is 25.0 Å². The second kappa shape index (κ2) is 7.36. The van der Waals surface area contributed by atoms with Crippen molar-refractivity contribution in [2.24, 2.45) is 5.92 Å². The summed E-state index contributed by atoms with van der Waals surface area (Å²) in [5.41, 5.74) is 0. The van der Waals surface area contributed by atoms with Crippen LogP contribution in [-0.4, -0.2) is 5.97 Å². The highest BCUT2D eigenvalue weighted by Crippen LogP contribution is 2.15. The van der Waals surface area contributed by atoms with Crippen LogP contribution in [0.1, 0.15) is 39.5 Å². The van der Waals surface area contributed by atoms with Crippen LogP contribution in [0.5, 0.6) is 0 Å². The van der Waals surface area contributed by atoms with Gasteiger partial charge in [-0.15, -0.1) is 0 Å². The molecule has 0 bridgehead atoms. The number of ether oxygens (including phenoxy) is 1. The molecule has 0 aromatic rings. The smallest absolute Gasteiger partial charge is 0.314 e. The summed E-state index contributed by atoms with van der Waals surface area (Å²) in [4.78, 5) is 11.5. The Kier molecular flexibility index (Phi) is 6.81. The topological polar surface area (TPSA) is 26.3 Å². The number of hydrogen-bond acceptors (Lipinski definition) is 2. The maximum atomic E-state index is 11.5. The SMILES string of the molecule is C=CC(=C)OC(=O)C(CC)CCCC. The van der Waals surface area contributed by atoms with Gasteiger partial charge in [0.05, 0.1) is 5.92 Å². The molecule has 0 aromatic heterocycles. The van der Waals surface area contributed by atoms with Crippen molar-refractivity contribution in [3.05, 3.63) is 25.0 Å². The lowest BCUT2D eigenvalue weighted by molar-refractivity contribution is -0.144. The summed E-state index contributed by atoms with van der Waals surface area (Å²) in [7, 11) is 0. The third-order valence-electron chi connectivity index (χ3n) is 2.19. The van der Waals surface area contributed by atoms with E-state index in [1.807, 2.05) is 6.92 Å². The summed E-state index contributed by atoms with van der Waals surface area (Å²) < 4.78 is 5.00. The molecule has 0 rings (SSSR count). The molecule has 0 aromatic carbocycles. The summed E-state index contributed by atoms with van der Waals surface area (Å²) >= 11 is 0. The van der Waals surface area contributed by atoms with E-state index in [-0.39, 0.29) is 11.9 Å². The summed E-state index contributed by atoms with van der Waals surface area (Å²) in [5.74, 6) is 0.169. The van der Waals surface area contributed by atoms with Crippen LogP contribution in [0.4, 0.5) is 0 Å². The van der Waals surface area contributed by atoms with Crippen LogP contribution >= 0.6 is 0 Å². The van der Waals surface area contributed by atoms with Gasteiger partial charge in [0, 0.05) is 0 Å². The standard InChI is InChI=1S/C12H20O2/c1-5-8-9-11(7-3)12(13)14-10(4)6-2/h6,11H,2,4-5,7-9H2,1,3H3. The first-order chi connectivity index (χ1) is 6.65. The van der Waals surface area contributed by atoms with E-state index in [9.17, 15) is 4.79 Å². The quantitative estimate of drug-likeness (QED) is 0.354. The maximum absolute atomic E-state index is 11.5. The Morgan fingerprint density at radius 3 is 2.57 bits per heavy atom. The minimum atomic E-state index is -0.175. The molecule has 0 radical (unpaired) electrons. The Morgan fingerprint density at radius 1 is 1.50 bits per heavy atom. The third-order valence-corrected chi connectivity index (χ3v) is 2.19. The molecule has 80 valence electrons. The van der Waals surface area contributed by atoms with Gasteiger partial charge in [-0.1, -0.05) is 39.8 Å². The Morgan fingerprint density at radius 2 is 2.14 bits per heavy atom. The molecule has 2 nitrogen and oxygen atoms in total. The first-order valence-corrected chi connectivity index (χ1v) is 5.18. The number of allylic oxidation sites excluding steroid dienone is 1. The second-order valence-electron chi connectivity index (χ2n) is 3.34. The average Bonchev–Trinajstić information content (AvgIpc) is 2.18. The van der Waals surface area contributed by atoms with E-state index < -0.39 is 0 Å². The maximum Gasteiger partial charge on any atom is 0.314 e. The van der Waals surface area contributed by atoms with Gasteiger partial charge in [-0.3, -0.25) is 4.79 Å². The van der Waals surface area contributed by atoms with Crippen molar-refractivity contribution in [3.8, 4) is 0 Å². The zero-order chi connectivity index (χ0) is 11.0. The zero-order valence-corrected chi connectivity index (χ0v) is 9.21. The van der Waals surface area contributed by atoms with E-state index >= 15 is 0 Å². The summed E-state index contributed by atoms with van der Waals surface area (Å²) in [6.07, 6.45) is 5.34. The van der Waals surface area contributed by atoms with Crippen molar-refractivity contribution in [2.45, 2.75) is 39.5 Å². The van der Waals surface area contributed by atoms with E-state index in [1.165, 1.54) is 6.08 Å². The fraction of sp³-hybridized carbons (Fsp3) is 0.583.